The Morgan fingerprint density at radius 1 is 1.08 bits per heavy atom. The van der Waals surface area contributed by atoms with Crippen molar-refractivity contribution in [1.29, 1.82) is 0 Å². The molecule has 1 aliphatic rings. The van der Waals surface area contributed by atoms with Crippen LogP contribution in [-0.2, 0) is 28.4 Å². The minimum atomic E-state index is -3.83. The fourth-order valence-corrected chi connectivity index (χ4v) is 6.59. The Kier molecular flexibility index (Phi) is 8.77. The van der Waals surface area contributed by atoms with Gasteiger partial charge in [0, 0.05) is 30.2 Å². The average molecular weight is 546 g/mol. The summed E-state index contributed by atoms with van der Waals surface area (Å²) in [6.07, 6.45) is 9.28. The molecule has 1 saturated carbocycles. The Labute approximate surface area is 223 Å². The summed E-state index contributed by atoms with van der Waals surface area (Å²) in [7, 11) is 0.433. The Hall–Kier alpha value is -2.62. The molecule has 2 aromatic heterocycles. The SMILES string of the molecule is Cc1nc(CS(=O)(=O)c2ccccc2Cl)c(F)cc1CCc1cnc(NC2CCC(N(C)C)CC2)nc1. The Morgan fingerprint density at radius 3 is 2.41 bits per heavy atom. The molecule has 0 aliphatic heterocycles. The number of aryl methyl sites for hydroxylation is 3. The maximum absolute atomic E-state index is 14.9. The molecule has 0 radical (unpaired) electrons. The molecule has 1 N–H and O–H groups in total. The quantitative estimate of drug-likeness (QED) is 0.404. The second kappa shape index (κ2) is 11.8. The minimum absolute atomic E-state index is 0.0289. The molecule has 10 heteroatoms. The second-order valence-electron chi connectivity index (χ2n) is 9.88. The van der Waals surface area contributed by atoms with Gasteiger partial charge in [-0.05, 0) is 88.9 Å². The van der Waals surface area contributed by atoms with E-state index >= 15 is 0 Å². The summed E-state index contributed by atoms with van der Waals surface area (Å²) >= 11 is 6.04. The predicted octanol–water partition coefficient (Wildman–Crippen LogP) is 5.02. The standard InChI is InChI=1S/C27H33ClFN5O2S/c1-18-20(14-24(29)25(32-18)17-37(35,36)26-7-5-4-6-23(26)28)9-8-19-15-30-27(31-16-19)33-21-10-12-22(13-11-21)34(2)3/h4-7,14-16,21-22H,8-13,17H2,1-3H3,(H,30,31,33). The van der Waals surface area contributed by atoms with Gasteiger partial charge in [0.15, 0.2) is 9.84 Å². The third kappa shape index (κ3) is 7.03. The van der Waals surface area contributed by atoms with E-state index in [4.69, 9.17) is 11.6 Å². The maximum Gasteiger partial charge on any atom is 0.222 e. The molecule has 1 fully saturated rings. The van der Waals surface area contributed by atoms with Crippen LogP contribution in [0.4, 0.5) is 10.3 Å². The molecule has 1 aromatic carbocycles. The average Bonchev–Trinajstić information content (AvgIpc) is 2.86. The van der Waals surface area contributed by atoms with Crippen molar-refractivity contribution in [2.24, 2.45) is 0 Å². The lowest BCUT2D eigenvalue weighted by molar-refractivity contribution is 0.221. The summed E-state index contributed by atoms with van der Waals surface area (Å²) < 4.78 is 40.4. The molecular formula is C27H33ClFN5O2S. The van der Waals surface area contributed by atoms with Crippen LogP contribution in [0.3, 0.4) is 0 Å². The lowest BCUT2D eigenvalue weighted by Gasteiger charge is -2.32. The van der Waals surface area contributed by atoms with E-state index in [0.29, 0.717) is 36.6 Å². The number of anilines is 1. The number of aromatic nitrogens is 3. The zero-order valence-corrected chi connectivity index (χ0v) is 23.0. The molecule has 7 nitrogen and oxygen atoms in total. The van der Waals surface area contributed by atoms with Gasteiger partial charge in [-0.2, -0.15) is 0 Å². The molecule has 0 bridgehead atoms. The number of hydrogen-bond acceptors (Lipinski definition) is 7. The summed E-state index contributed by atoms with van der Waals surface area (Å²) in [4.78, 5) is 15.5. The molecule has 1 aliphatic carbocycles. The first-order valence-electron chi connectivity index (χ1n) is 12.5. The van der Waals surface area contributed by atoms with Gasteiger partial charge < -0.3 is 10.2 Å². The van der Waals surface area contributed by atoms with Crippen molar-refractivity contribution >= 4 is 27.4 Å². The van der Waals surface area contributed by atoms with Gasteiger partial charge in [-0.25, -0.2) is 22.8 Å². The smallest absolute Gasteiger partial charge is 0.222 e. The Morgan fingerprint density at radius 2 is 1.76 bits per heavy atom. The minimum Gasteiger partial charge on any atom is -0.351 e. The van der Waals surface area contributed by atoms with Crippen LogP contribution in [0.15, 0.2) is 47.6 Å². The highest BCUT2D eigenvalue weighted by Crippen LogP contribution is 2.26. The lowest BCUT2D eigenvalue weighted by Crippen LogP contribution is -2.36. The van der Waals surface area contributed by atoms with E-state index in [1.165, 1.54) is 18.2 Å². The van der Waals surface area contributed by atoms with E-state index in [0.717, 1.165) is 36.8 Å². The zero-order valence-electron chi connectivity index (χ0n) is 21.4. The molecular weight excluding hydrogens is 513 g/mol. The van der Waals surface area contributed by atoms with E-state index < -0.39 is 21.4 Å². The van der Waals surface area contributed by atoms with E-state index in [1.807, 2.05) is 0 Å². The zero-order chi connectivity index (χ0) is 26.6. The normalized spacial score (nSPS) is 18.2. The van der Waals surface area contributed by atoms with Gasteiger partial charge in [0.05, 0.1) is 15.6 Å². The van der Waals surface area contributed by atoms with Crippen molar-refractivity contribution in [3.05, 3.63) is 76.1 Å². The number of rotatable bonds is 9. The molecule has 0 unspecified atom stereocenters. The topological polar surface area (TPSA) is 88.1 Å². The van der Waals surface area contributed by atoms with Crippen LogP contribution in [0.25, 0.3) is 0 Å². The van der Waals surface area contributed by atoms with E-state index in [-0.39, 0.29) is 15.6 Å². The van der Waals surface area contributed by atoms with Crippen LogP contribution in [0, 0.1) is 12.7 Å². The van der Waals surface area contributed by atoms with Crippen molar-refractivity contribution in [2.45, 2.75) is 68.2 Å². The first-order chi connectivity index (χ1) is 17.6. The predicted molar refractivity (Wildman–Crippen MR) is 144 cm³/mol. The largest absolute Gasteiger partial charge is 0.351 e. The number of halogens is 2. The van der Waals surface area contributed by atoms with Gasteiger partial charge in [0.1, 0.15) is 11.6 Å². The summed E-state index contributed by atoms with van der Waals surface area (Å²) in [6.45, 7) is 1.76. The molecule has 3 aromatic rings. The molecule has 2 heterocycles. The van der Waals surface area contributed by atoms with Gasteiger partial charge in [-0.1, -0.05) is 23.7 Å². The second-order valence-corrected chi connectivity index (χ2v) is 12.2. The first-order valence-corrected chi connectivity index (χ1v) is 14.5. The molecule has 0 atom stereocenters. The lowest BCUT2D eigenvalue weighted by atomic mass is 9.91. The van der Waals surface area contributed by atoms with Crippen LogP contribution in [-0.4, -0.2) is 54.4 Å². The summed E-state index contributed by atoms with van der Waals surface area (Å²) in [5, 5.41) is 3.55. The van der Waals surface area contributed by atoms with Crippen LogP contribution in [0.5, 0.6) is 0 Å². The van der Waals surface area contributed by atoms with Gasteiger partial charge >= 0.3 is 0 Å². The highest BCUT2D eigenvalue weighted by atomic mass is 35.5. The van der Waals surface area contributed by atoms with Crippen molar-refractivity contribution in [2.75, 3.05) is 19.4 Å². The number of hydrogen-bond donors (Lipinski definition) is 1. The van der Waals surface area contributed by atoms with Crippen LogP contribution in [0.2, 0.25) is 5.02 Å². The van der Waals surface area contributed by atoms with E-state index in [1.54, 1.807) is 31.5 Å². The van der Waals surface area contributed by atoms with Crippen LogP contribution >= 0.6 is 11.6 Å². The van der Waals surface area contributed by atoms with Crippen molar-refractivity contribution < 1.29 is 12.8 Å². The third-order valence-corrected chi connectivity index (χ3v) is 9.11. The number of pyridine rings is 1. The highest BCUT2D eigenvalue weighted by Gasteiger charge is 2.23. The molecule has 0 spiro atoms. The number of nitrogens with one attached hydrogen (secondary N) is 1. The fourth-order valence-electron chi connectivity index (χ4n) is 4.73. The van der Waals surface area contributed by atoms with Crippen LogP contribution < -0.4 is 5.32 Å². The van der Waals surface area contributed by atoms with Crippen molar-refractivity contribution in [3.8, 4) is 0 Å². The Balaban J connectivity index is 1.35. The maximum atomic E-state index is 14.9. The summed E-state index contributed by atoms with van der Waals surface area (Å²) in [6, 6.07) is 8.54. The van der Waals surface area contributed by atoms with Gasteiger partial charge in [0.2, 0.25) is 5.95 Å². The van der Waals surface area contributed by atoms with Crippen LogP contribution in [0.1, 0.15) is 48.2 Å². The van der Waals surface area contributed by atoms with Crippen molar-refractivity contribution in [3.63, 3.8) is 0 Å². The van der Waals surface area contributed by atoms with E-state index in [2.05, 4.69) is 39.3 Å². The van der Waals surface area contributed by atoms with Gasteiger partial charge in [-0.3, -0.25) is 4.98 Å². The molecule has 198 valence electrons. The van der Waals surface area contributed by atoms with Gasteiger partial charge in [0.25, 0.3) is 0 Å². The highest BCUT2D eigenvalue weighted by molar-refractivity contribution is 7.90. The molecule has 37 heavy (non-hydrogen) atoms. The Bertz CT molecular complexity index is 1330. The van der Waals surface area contributed by atoms with Crippen molar-refractivity contribution in [1.82, 2.24) is 19.9 Å². The molecule has 0 amide bonds. The number of benzene rings is 1. The fraction of sp³-hybridized carbons (Fsp3) is 0.444. The molecule has 4 rings (SSSR count). The third-order valence-electron chi connectivity index (χ3n) is 6.99. The number of nitrogens with zero attached hydrogens (tertiary/aromatic N) is 4. The van der Waals surface area contributed by atoms with E-state index in [9.17, 15) is 12.8 Å². The summed E-state index contributed by atoms with van der Waals surface area (Å²) in [5.41, 5.74) is 2.14. The molecule has 0 saturated heterocycles. The monoisotopic (exact) mass is 545 g/mol. The summed E-state index contributed by atoms with van der Waals surface area (Å²) in [5.74, 6) is -0.566. The van der Waals surface area contributed by atoms with Gasteiger partial charge in [-0.15, -0.1) is 0 Å². The number of sulfone groups is 1. The first kappa shape index (κ1) is 27.4.